The van der Waals surface area contributed by atoms with E-state index in [4.69, 9.17) is 21.6 Å². The van der Waals surface area contributed by atoms with Crippen LogP contribution in [-0.2, 0) is 0 Å². The highest BCUT2D eigenvalue weighted by Gasteiger charge is 2.34. The molecule has 0 radical (unpaired) electrons. The maximum Gasteiger partial charge on any atom is 0.285 e. The number of para-hydroxylation sites is 1. The van der Waals surface area contributed by atoms with Crippen molar-refractivity contribution in [3.8, 4) is 5.69 Å². The first-order valence-corrected chi connectivity index (χ1v) is 13.0. The van der Waals surface area contributed by atoms with Crippen molar-refractivity contribution < 1.29 is 0 Å². The molecule has 1 aliphatic rings. The zero-order valence-electron chi connectivity index (χ0n) is 19.2. The van der Waals surface area contributed by atoms with Gasteiger partial charge in [0.05, 0.1) is 34.0 Å². The lowest BCUT2D eigenvalue weighted by molar-refractivity contribution is 0.632. The summed E-state index contributed by atoms with van der Waals surface area (Å²) in [5, 5.41) is 1.57. The molecule has 1 atom stereocenters. The molecule has 1 N–H and O–H groups in total. The Morgan fingerprint density at radius 1 is 1.03 bits per heavy atom. The molecule has 5 aromatic rings. The molecule has 1 saturated heterocycles. The Kier molecular flexibility index (Phi) is 5.69. The summed E-state index contributed by atoms with van der Waals surface area (Å²) in [6.45, 7) is 0.636. The van der Waals surface area contributed by atoms with Gasteiger partial charge >= 0.3 is 0 Å². The number of benzene rings is 2. The third kappa shape index (κ3) is 3.64. The number of aromatic nitrogens is 6. The number of anilines is 1. The second-order valence-electron chi connectivity index (χ2n) is 8.40. The minimum Gasteiger partial charge on any atom is -0.346 e. The van der Waals surface area contributed by atoms with Crippen LogP contribution in [0.25, 0.3) is 27.6 Å². The van der Waals surface area contributed by atoms with Crippen molar-refractivity contribution in [3.05, 3.63) is 86.4 Å². The zero-order chi connectivity index (χ0) is 24.8. The van der Waals surface area contributed by atoms with Gasteiger partial charge in [0.2, 0.25) is 0 Å². The molecule has 0 spiro atoms. The summed E-state index contributed by atoms with van der Waals surface area (Å²) in [6.07, 6.45) is 4.78. The maximum atomic E-state index is 13.9. The monoisotopic (exact) mass is 517 g/mol. The molecule has 180 valence electrons. The van der Waals surface area contributed by atoms with Crippen molar-refractivity contribution >= 4 is 51.1 Å². The molecule has 6 rings (SSSR count). The van der Waals surface area contributed by atoms with Crippen LogP contribution in [0.2, 0.25) is 5.02 Å². The maximum absolute atomic E-state index is 13.9. The molecule has 1 aliphatic heterocycles. The third-order valence-corrected chi connectivity index (χ3v) is 7.22. The highest BCUT2D eigenvalue weighted by Crippen LogP contribution is 2.38. The predicted octanol–water partition coefficient (Wildman–Crippen LogP) is 4.13. The first-order valence-electron chi connectivity index (χ1n) is 11.4. The number of rotatable bonds is 4. The number of H-pyrrole nitrogens is 1. The number of aromatic amines is 1. The Morgan fingerprint density at radius 3 is 2.67 bits per heavy atom. The number of nitrogens with one attached hydrogen (secondary N) is 1. The lowest BCUT2D eigenvalue weighted by Gasteiger charge is -2.28. The van der Waals surface area contributed by atoms with Crippen molar-refractivity contribution in [1.82, 2.24) is 29.5 Å². The van der Waals surface area contributed by atoms with Gasteiger partial charge in [0.15, 0.2) is 10.8 Å². The second kappa shape index (κ2) is 9.03. The molecule has 0 bridgehead atoms. The second-order valence-corrected chi connectivity index (χ2v) is 9.58. The Morgan fingerprint density at radius 2 is 1.86 bits per heavy atom. The van der Waals surface area contributed by atoms with Crippen LogP contribution in [0, 0.1) is 0 Å². The smallest absolute Gasteiger partial charge is 0.285 e. The van der Waals surface area contributed by atoms with Gasteiger partial charge in [-0.2, -0.15) is 4.98 Å². The van der Waals surface area contributed by atoms with Gasteiger partial charge in [0.1, 0.15) is 17.0 Å². The molecule has 3 aromatic heterocycles. The van der Waals surface area contributed by atoms with Gasteiger partial charge in [-0.05, 0) is 43.4 Å². The predicted molar refractivity (Wildman–Crippen MR) is 141 cm³/mol. The summed E-state index contributed by atoms with van der Waals surface area (Å²) in [7, 11) is 0. The SMILES string of the molecule is CSc1nc(N2CCCC2c2nc3cccc(Cl)c3c(=O)n2-c2ccccc2)c2c(=O)nc[nH]c2n1. The van der Waals surface area contributed by atoms with E-state index in [0.717, 1.165) is 12.8 Å². The van der Waals surface area contributed by atoms with Crippen LogP contribution in [0.15, 0.2) is 69.6 Å². The van der Waals surface area contributed by atoms with Crippen LogP contribution in [0.5, 0.6) is 0 Å². The van der Waals surface area contributed by atoms with E-state index in [-0.39, 0.29) is 11.6 Å². The normalized spacial score (nSPS) is 15.7. The standard InChI is InChI=1S/C25H20ClN7O2S/c1-36-25-30-20-19(23(34)28-13-27-20)22(31-25)32-12-6-11-17(32)21-29-16-10-5-9-15(26)18(16)24(35)33(21)14-7-3-2-4-8-14/h2-5,7-10,13,17H,6,11-12H2,1H3,(H,27,28,30,31,34). The number of fused-ring (bicyclic) bond motifs is 2. The van der Waals surface area contributed by atoms with Crippen molar-refractivity contribution in [2.75, 3.05) is 17.7 Å². The number of hydrogen-bond acceptors (Lipinski definition) is 8. The van der Waals surface area contributed by atoms with E-state index in [1.165, 1.54) is 18.1 Å². The Hall–Kier alpha value is -3.76. The lowest BCUT2D eigenvalue weighted by atomic mass is 10.1. The highest BCUT2D eigenvalue weighted by molar-refractivity contribution is 7.98. The molecule has 1 unspecified atom stereocenters. The molecule has 2 aromatic carbocycles. The van der Waals surface area contributed by atoms with Crippen molar-refractivity contribution in [3.63, 3.8) is 0 Å². The quantitative estimate of drug-likeness (QED) is 0.280. The fourth-order valence-corrected chi connectivity index (χ4v) is 5.40. The number of nitrogens with zero attached hydrogens (tertiary/aromatic N) is 6. The van der Waals surface area contributed by atoms with Crippen LogP contribution in [0.3, 0.4) is 0 Å². The lowest BCUT2D eigenvalue weighted by Crippen LogP contribution is -2.32. The average molecular weight is 518 g/mol. The number of halogens is 1. The molecule has 1 fully saturated rings. The molecule has 36 heavy (non-hydrogen) atoms. The first kappa shape index (κ1) is 22.7. The van der Waals surface area contributed by atoms with Crippen molar-refractivity contribution in [1.29, 1.82) is 0 Å². The molecule has 0 amide bonds. The number of thioether (sulfide) groups is 1. The van der Waals surface area contributed by atoms with Crippen molar-refractivity contribution in [2.45, 2.75) is 24.0 Å². The van der Waals surface area contributed by atoms with E-state index in [1.807, 2.05) is 41.5 Å². The summed E-state index contributed by atoms with van der Waals surface area (Å²) in [6, 6.07) is 14.4. The van der Waals surface area contributed by atoms with Gasteiger partial charge < -0.3 is 9.88 Å². The largest absolute Gasteiger partial charge is 0.346 e. The molecule has 0 saturated carbocycles. The van der Waals surface area contributed by atoms with E-state index in [1.54, 1.807) is 22.8 Å². The fraction of sp³-hybridized carbons (Fsp3) is 0.200. The zero-order valence-corrected chi connectivity index (χ0v) is 20.8. The van der Waals surface area contributed by atoms with Crippen LogP contribution < -0.4 is 16.0 Å². The van der Waals surface area contributed by atoms with Crippen LogP contribution in [-0.4, -0.2) is 42.3 Å². The first-order chi connectivity index (χ1) is 17.6. The minimum atomic E-state index is -0.407. The summed E-state index contributed by atoms with van der Waals surface area (Å²) >= 11 is 7.83. The molecular formula is C25H20ClN7O2S. The fourth-order valence-electron chi connectivity index (χ4n) is 4.79. The van der Waals surface area contributed by atoms with E-state index >= 15 is 0 Å². The van der Waals surface area contributed by atoms with Crippen LogP contribution >= 0.6 is 23.4 Å². The molecule has 4 heterocycles. The topological polar surface area (TPSA) is 110 Å². The van der Waals surface area contributed by atoms with Gasteiger partial charge in [0.25, 0.3) is 11.1 Å². The molecule has 11 heteroatoms. The van der Waals surface area contributed by atoms with E-state index in [9.17, 15) is 9.59 Å². The average Bonchev–Trinajstić information content (AvgIpc) is 3.38. The van der Waals surface area contributed by atoms with Crippen LogP contribution in [0.4, 0.5) is 5.82 Å². The van der Waals surface area contributed by atoms with Gasteiger partial charge in [-0.1, -0.05) is 47.6 Å². The van der Waals surface area contributed by atoms with Gasteiger partial charge in [-0.25, -0.2) is 15.0 Å². The Balaban J connectivity index is 1.63. The third-order valence-electron chi connectivity index (χ3n) is 6.36. The van der Waals surface area contributed by atoms with Crippen LogP contribution in [0.1, 0.15) is 24.7 Å². The van der Waals surface area contributed by atoms with E-state index in [2.05, 4.69) is 15.0 Å². The molecule has 0 aliphatic carbocycles. The highest BCUT2D eigenvalue weighted by atomic mass is 35.5. The molecule has 9 nitrogen and oxygen atoms in total. The van der Waals surface area contributed by atoms with Gasteiger partial charge in [-0.3, -0.25) is 14.2 Å². The Labute approximate surface area is 214 Å². The summed E-state index contributed by atoms with van der Waals surface area (Å²) in [5.41, 5.74) is 0.994. The number of hydrogen-bond donors (Lipinski definition) is 1. The van der Waals surface area contributed by atoms with E-state index < -0.39 is 5.56 Å². The van der Waals surface area contributed by atoms with E-state index in [0.29, 0.717) is 56.0 Å². The Bertz CT molecular complexity index is 1740. The van der Waals surface area contributed by atoms with Gasteiger partial charge in [-0.15, -0.1) is 0 Å². The summed E-state index contributed by atoms with van der Waals surface area (Å²) < 4.78 is 1.62. The van der Waals surface area contributed by atoms with Crippen molar-refractivity contribution in [2.24, 2.45) is 0 Å². The molecular weight excluding hydrogens is 498 g/mol. The minimum absolute atomic E-state index is 0.240. The summed E-state index contributed by atoms with van der Waals surface area (Å²) in [4.78, 5) is 49.8. The van der Waals surface area contributed by atoms with Gasteiger partial charge in [0, 0.05) is 6.54 Å². The summed E-state index contributed by atoms with van der Waals surface area (Å²) in [5.74, 6) is 1.05.